The van der Waals surface area contributed by atoms with Crippen LogP contribution in [0.1, 0.15) is 51.4 Å². The maximum Gasteiger partial charge on any atom is 0.0693 e. The Balaban J connectivity index is 1.86. The molecule has 0 aliphatic heterocycles. The van der Waals surface area contributed by atoms with Crippen molar-refractivity contribution in [3.8, 4) is 0 Å². The van der Waals surface area contributed by atoms with E-state index < -0.39 is 0 Å². The van der Waals surface area contributed by atoms with Crippen molar-refractivity contribution in [2.75, 3.05) is 20.6 Å². The molecule has 0 amide bonds. The van der Waals surface area contributed by atoms with E-state index >= 15 is 0 Å². The van der Waals surface area contributed by atoms with Gasteiger partial charge in [-0.25, -0.2) is 0 Å². The van der Waals surface area contributed by atoms with Crippen LogP contribution < -0.4 is 5.32 Å². The number of nitrogens with zero attached hydrogens (tertiary/aromatic N) is 1. The largest absolute Gasteiger partial charge is 0.392 e. The molecule has 0 unspecified atom stereocenters. The molecule has 3 heteroatoms. The molecule has 17 heavy (non-hydrogen) atoms. The number of aliphatic hydroxyl groups is 1. The maximum atomic E-state index is 9.99. The second-order valence-electron chi connectivity index (χ2n) is 6.17. The van der Waals surface area contributed by atoms with Gasteiger partial charge in [-0.05, 0) is 39.8 Å². The second-order valence-corrected chi connectivity index (χ2v) is 6.17. The van der Waals surface area contributed by atoms with Crippen LogP contribution in [0.15, 0.2) is 0 Å². The quantitative estimate of drug-likeness (QED) is 0.786. The van der Waals surface area contributed by atoms with Crippen molar-refractivity contribution < 1.29 is 5.11 Å². The Morgan fingerprint density at radius 3 is 2.35 bits per heavy atom. The second kappa shape index (κ2) is 5.68. The van der Waals surface area contributed by atoms with E-state index in [1.54, 1.807) is 0 Å². The third-order valence-electron chi connectivity index (χ3n) is 4.91. The molecule has 0 aromatic rings. The third-order valence-corrected chi connectivity index (χ3v) is 4.91. The van der Waals surface area contributed by atoms with Crippen LogP contribution in [-0.4, -0.2) is 48.3 Å². The summed E-state index contributed by atoms with van der Waals surface area (Å²) >= 11 is 0. The van der Waals surface area contributed by atoms with Crippen LogP contribution in [0.2, 0.25) is 0 Å². The van der Waals surface area contributed by atoms with Gasteiger partial charge in [-0.15, -0.1) is 0 Å². The van der Waals surface area contributed by atoms with Gasteiger partial charge < -0.3 is 15.3 Å². The van der Waals surface area contributed by atoms with E-state index in [0.717, 1.165) is 19.4 Å². The van der Waals surface area contributed by atoms with Crippen LogP contribution in [0, 0.1) is 0 Å². The average molecular weight is 240 g/mol. The van der Waals surface area contributed by atoms with Crippen molar-refractivity contribution in [2.24, 2.45) is 0 Å². The Morgan fingerprint density at radius 2 is 1.76 bits per heavy atom. The Labute approximate surface area is 106 Å². The first-order chi connectivity index (χ1) is 8.14. The number of nitrogens with one attached hydrogen (secondary N) is 1. The standard InChI is InChI=1S/C14H28N2O/c1-16(2)14(9-5-6-10-14)11-15-12-7-3-4-8-13(12)17/h12-13,15,17H,3-11H2,1-2H3/t12-,13-/m1/s1. The molecule has 0 saturated heterocycles. The highest BCUT2D eigenvalue weighted by Crippen LogP contribution is 2.33. The minimum absolute atomic E-state index is 0.121. The zero-order chi connectivity index (χ0) is 12.3. The van der Waals surface area contributed by atoms with Crippen LogP contribution in [0.3, 0.4) is 0 Å². The van der Waals surface area contributed by atoms with Gasteiger partial charge in [0, 0.05) is 18.1 Å². The zero-order valence-electron chi connectivity index (χ0n) is 11.4. The summed E-state index contributed by atoms with van der Waals surface area (Å²) in [6.45, 7) is 1.04. The monoisotopic (exact) mass is 240 g/mol. The molecule has 0 bridgehead atoms. The molecular formula is C14H28N2O. The lowest BCUT2D eigenvalue weighted by atomic mass is 9.90. The Kier molecular flexibility index (Phi) is 4.45. The van der Waals surface area contributed by atoms with Gasteiger partial charge in [0.05, 0.1) is 6.10 Å². The van der Waals surface area contributed by atoms with E-state index in [1.165, 1.54) is 38.5 Å². The number of rotatable bonds is 4. The minimum atomic E-state index is -0.121. The van der Waals surface area contributed by atoms with Crippen molar-refractivity contribution >= 4 is 0 Å². The van der Waals surface area contributed by atoms with Crippen molar-refractivity contribution in [1.82, 2.24) is 10.2 Å². The van der Waals surface area contributed by atoms with Gasteiger partial charge in [0.15, 0.2) is 0 Å². The average Bonchev–Trinajstić information content (AvgIpc) is 2.78. The van der Waals surface area contributed by atoms with Gasteiger partial charge in [0.2, 0.25) is 0 Å². The molecule has 2 fully saturated rings. The van der Waals surface area contributed by atoms with E-state index in [9.17, 15) is 5.11 Å². The molecule has 0 aromatic heterocycles. The fraction of sp³-hybridized carbons (Fsp3) is 1.00. The molecule has 0 aromatic carbocycles. The summed E-state index contributed by atoms with van der Waals surface area (Å²) in [7, 11) is 4.40. The molecule has 2 rings (SSSR count). The Morgan fingerprint density at radius 1 is 1.12 bits per heavy atom. The highest BCUT2D eigenvalue weighted by atomic mass is 16.3. The van der Waals surface area contributed by atoms with Gasteiger partial charge >= 0.3 is 0 Å². The molecule has 0 radical (unpaired) electrons. The van der Waals surface area contributed by atoms with Crippen molar-refractivity contribution in [1.29, 1.82) is 0 Å². The maximum absolute atomic E-state index is 9.99. The van der Waals surface area contributed by atoms with E-state index in [2.05, 4.69) is 24.3 Å². The molecular weight excluding hydrogens is 212 g/mol. The van der Waals surface area contributed by atoms with Gasteiger partial charge in [-0.1, -0.05) is 25.7 Å². The summed E-state index contributed by atoms with van der Waals surface area (Å²) in [4.78, 5) is 2.39. The van der Waals surface area contributed by atoms with Crippen molar-refractivity contribution in [2.45, 2.75) is 69.1 Å². The van der Waals surface area contributed by atoms with Gasteiger partial charge in [0.25, 0.3) is 0 Å². The first kappa shape index (κ1) is 13.3. The van der Waals surface area contributed by atoms with Gasteiger partial charge in [-0.3, -0.25) is 0 Å². The smallest absolute Gasteiger partial charge is 0.0693 e. The zero-order valence-corrected chi connectivity index (χ0v) is 11.4. The highest BCUT2D eigenvalue weighted by molar-refractivity contribution is 4.96. The lowest BCUT2D eigenvalue weighted by Gasteiger charge is -2.39. The van der Waals surface area contributed by atoms with Crippen LogP contribution >= 0.6 is 0 Å². The van der Waals surface area contributed by atoms with E-state index in [-0.39, 0.29) is 6.10 Å². The fourth-order valence-electron chi connectivity index (χ4n) is 3.49. The Hall–Kier alpha value is -0.120. The summed E-state index contributed by atoms with van der Waals surface area (Å²) < 4.78 is 0. The lowest BCUT2D eigenvalue weighted by Crippen LogP contribution is -2.54. The van der Waals surface area contributed by atoms with E-state index in [1.807, 2.05) is 0 Å². The third kappa shape index (κ3) is 3.01. The number of likely N-dealkylation sites (N-methyl/N-ethyl adjacent to an activating group) is 1. The van der Waals surface area contributed by atoms with Gasteiger partial charge in [0.1, 0.15) is 0 Å². The molecule has 2 N–H and O–H groups in total. The summed E-state index contributed by atoms with van der Waals surface area (Å²) in [5.74, 6) is 0. The van der Waals surface area contributed by atoms with E-state index in [4.69, 9.17) is 0 Å². The van der Waals surface area contributed by atoms with Crippen LogP contribution in [0.5, 0.6) is 0 Å². The molecule has 2 aliphatic carbocycles. The Bertz CT molecular complexity index is 236. The first-order valence-corrected chi connectivity index (χ1v) is 7.23. The summed E-state index contributed by atoms with van der Waals surface area (Å²) in [6, 6.07) is 0.334. The SMILES string of the molecule is CN(C)C1(CN[C@@H]2CCCC[C@H]2O)CCCC1. The van der Waals surface area contributed by atoms with Crippen LogP contribution in [0.25, 0.3) is 0 Å². The summed E-state index contributed by atoms with van der Waals surface area (Å²) in [6.07, 6.45) is 9.77. The molecule has 2 atom stereocenters. The lowest BCUT2D eigenvalue weighted by molar-refractivity contribution is 0.0750. The van der Waals surface area contributed by atoms with Crippen molar-refractivity contribution in [3.63, 3.8) is 0 Å². The van der Waals surface area contributed by atoms with Crippen LogP contribution in [0.4, 0.5) is 0 Å². The molecule has 2 aliphatic rings. The van der Waals surface area contributed by atoms with Crippen LogP contribution in [-0.2, 0) is 0 Å². The fourth-order valence-corrected chi connectivity index (χ4v) is 3.49. The molecule has 2 saturated carbocycles. The number of aliphatic hydroxyl groups excluding tert-OH is 1. The van der Waals surface area contributed by atoms with Gasteiger partial charge in [-0.2, -0.15) is 0 Å². The minimum Gasteiger partial charge on any atom is -0.392 e. The molecule has 0 spiro atoms. The molecule has 0 heterocycles. The predicted molar refractivity (Wildman–Crippen MR) is 71.2 cm³/mol. The summed E-state index contributed by atoms with van der Waals surface area (Å²) in [5.41, 5.74) is 0.344. The molecule has 3 nitrogen and oxygen atoms in total. The number of hydrogen-bond donors (Lipinski definition) is 2. The topological polar surface area (TPSA) is 35.5 Å². The summed E-state index contributed by atoms with van der Waals surface area (Å²) in [5, 5.41) is 13.6. The predicted octanol–water partition coefficient (Wildman–Crippen LogP) is 1.75. The first-order valence-electron chi connectivity index (χ1n) is 7.23. The highest BCUT2D eigenvalue weighted by Gasteiger charge is 2.36. The molecule has 100 valence electrons. The van der Waals surface area contributed by atoms with E-state index in [0.29, 0.717) is 11.6 Å². The normalized spacial score (nSPS) is 33.2. The van der Waals surface area contributed by atoms with Crippen molar-refractivity contribution in [3.05, 3.63) is 0 Å². The number of hydrogen-bond acceptors (Lipinski definition) is 3.